The molecule has 6 heteroatoms. The first-order valence-electron chi connectivity index (χ1n) is 7.70. The number of rotatable bonds is 4. The van der Waals surface area contributed by atoms with E-state index in [0.717, 1.165) is 31.5 Å². The molecular formula is C16H25NO4S. The summed E-state index contributed by atoms with van der Waals surface area (Å²) in [6.07, 6.45) is 4.22. The molecule has 0 aromatic heterocycles. The lowest BCUT2D eigenvalue weighted by Gasteiger charge is -2.22. The van der Waals surface area contributed by atoms with Gasteiger partial charge >= 0.3 is 0 Å². The van der Waals surface area contributed by atoms with Crippen LogP contribution in [0.4, 0.5) is 0 Å². The molecule has 22 heavy (non-hydrogen) atoms. The van der Waals surface area contributed by atoms with E-state index in [9.17, 15) is 17.8 Å². The molecule has 0 amide bonds. The predicted octanol–water partition coefficient (Wildman–Crippen LogP) is 0.933. The molecule has 124 valence electrons. The zero-order chi connectivity index (χ0) is 16.6. The van der Waals surface area contributed by atoms with Crippen molar-refractivity contribution < 1.29 is 22.7 Å². The molecular weight excluding hydrogens is 302 g/mol. The van der Waals surface area contributed by atoms with Crippen molar-refractivity contribution in [3.05, 3.63) is 29.8 Å². The molecule has 0 unspecified atom stereocenters. The van der Waals surface area contributed by atoms with Crippen LogP contribution in [0.25, 0.3) is 0 Å². The zero-order valence-electron chi connectivity index (χ0n) is 13.3. The van der Waals surface area contributed by atoms with Crippen LogP contribution in [0.2, 0.25) is 0 Å². The average molecular weight is 327 g/mol. The number of nitrogens with one attached hydrogen (secondary N) is 1. The molecule has 0 aliphatic carbocycles. The van der Waals surface area contributed by atoms with E-state index in [1.54, 1.807) is 17.0 Å². The minimum atomic E-state index is -4.27. The van der Waals surface area contributed by atoms with Gasteiger partial charge in [-0.1, -0.05) is 31.0 Å². The Balaban J connectivity index is 0.000000220. The van der Waals surface area contributed by atoms with Crippen molar-refractivity contribution in [3.63, 3.8) is 0 Å². The molecule has 0 bridgehead atoms. The standard InChI is InChI=1S/C9H17NO.C7H8O3S/c1-2-3-6-10-7-4-9(11)5-8-10;1-6-2-4-7(5-3-6)11(8,9)10/h2-8H2,1H3;2-5H,1H3,(H,8,9,10). The summed E-state index contributed by atoms with van der Waals surface area (Å²) in [4.78, 5) is 12.3. The Morgan fingerprint density at radius 1 is 1.14 bits per heavy atom. The summed E-state index contributed by atoms with van der Waals surface area (Å²) in [5.74, 6) is 0.463. The van der Waals surface area contributed by atoms with Crippen LogP contribution in [-0.2, 0) is 14.9 Å². The minimum absolute atomic E-state index is 0.178. The molecule has 1 saturated heterocycles. The van der Waals surface area contributed by atoms with Gasteiger partial charge in [0.05, 0.1) is 37.4 Å². The summed E-state index contributed by atoms with van der Waals surface area (Å²) in [6, 6.07) is 5.78. The lowest BCUT2D eigenvalue weighted by atomic mass is 10.1. The number of quaternary nitrogens is 1. The van der Waals surface area contributed by atoms with E-state index in [2.05, 4.69) is 6.92 Å². The maximum absolute atomic E-state index is 10.9. The highest BCUT2D eigenvalue weighted by Crippen LogP contribution is 2.08. The highest BCUT2D eigenvalue weighted by atomic mass is 32.2. The largest absolute Gasteiger partial charge is 0.744 e. The van der Waals surface area contributed by atoms with Gasteiger partial charge in [0, 0.05) is 0 Å². The number of benzene rings is 1. The van der Waals surface area contributed by atoms with Gasteiger partial charge in [0.25, 0.3) is 0 Å². The van der Waals surface area contributed by atoms with Crippen LogP contribution in [0.15, 0.2) is 29.2 Å². The highest BCUT2D eigenvalue weighted by Gasteiger charge is 2.17. The van der Waals surface area contributed by atoms with Crippen molar-refractivity contribution in [1.82, 2.24) is 0 Å². The molecule has 0 saturated carbocycles. The van der Waals surface area contributed by atoms with Crippen LogP contribution >= 0.6 is 0 Å². The van der Waals surface area contributed by atoms with Crippen molar-refractivity contribution in [2.45, 2.75) is 44.4 Å². The van der Waals surface area contributed by atoms with E-state index in [4.69, 9.17) is 0 Å². The Morgan fingerprint density at radius 3 is 2.14 bits per heavy atom. The molecule has 2 rings (SSSR count). The van der Waals surface area contributed by atoms with Crippen LogP contribution < -0.4 is 4.90 Å². The first-order chi connectivity index (χ1) is 10.3. The quantitative estimate of drug-likeness (QED) is 0.835. The first-order valence-corrected chi connectivity index (χ1v) is 9.11. The lowest BCUT2D eigenvalue weighted by molar-refractivity contribution is -0.901. The van der Waals surface area contributed by atoms with Crippen molar-refractivity contribution in [2.75, 3.05) is 19.6 Å². The monoisotopic (exact) mass is 327 g/mol. The van der Waals surface area contributed by atoms with Crippen molar-refractivity contribution in [3.8, 4) is 0 Å². The van der Waals surface area contributed by atoms with Gasteiger partial charge < -0.3 is 9.45 Å². The Morgan fingerprint density at radius 2 is 1.68 bits per heavy atom. The van der Waals surface area contributed by atoms with Crippen LogP contribution in [0, 0.1) is 6.92 Å². The second-order valence-electron chi connectivity index (χ2n) is 5.66. The third-order valence-corrected chi connectivity index (χ3v) is 4.56. The number of unbranched alkanes of at least 4 members (excludes halogenated alkanes) is 1. The molecule has 5 nitrogen and oxygen atoms in total. The molecule has 1 fully saturated rings. The third-order valence-electron chi connectivity index (χ3n) is 3.71. The fraction of sp³-hybridized carbons (Fsp3) is 0.562. The number of hydrogen-bond donors (Lipinski definition) is 1. The van der Waals surface area contributed by atoms with Gasteiger partial charge in [0.15, 0.2) is 0 Å². The van der Waals surface area contributed by atoms with Crippen LogP contribution in [0.3, 0.4) is 0 Å². The summed E-state index contributed by atoms with van der Waals surface area (Å²) < 4.78 is 31.2. The smallest absolute Gasteiger partial charge is 0.144 e. The fourth-order valence-electron chi connectivity index (χ4n) is 2.26. The van der Waals surface area contributed by atoms with Gasteiger partial charge in [0.2, 0.25) is 0 Å². The highest BCUT2D eigenvalue weighted by molar-refractivity contribution is 7.85. The van der Waals surface area contributed by atoms with E-state index in [1.165, 1.54) is 31.5 Å². The van der Waals surface area contributed by atoms with Gasteiger partial charge in [-0.3, -0.25) is 4.79 Å². The van der Waals surface area contributed by atoms with Crippen molar-refractivity contribution in [1.29, 1.82) is 0 Å². The molecule has 1 N–H and O–H groups in total. The summed E-state index contributed by atoms with van der Waals surface area (Å²) in [5, 5.41) is 0. The summed E-state index contributed by atoms with van der Waals surface area (Å²) >= 11 is 0. The summed E-state index contributed by atoms with van der Waals surface area (Å²) in [5.41, 5.74) is 0.928. The van der Waals surface area contributed by atoms with Crippen molar-refractivity contribution in [2.24, 2.45) is 0 Å². The predicted molar refractivity (Wildman–Crippen MR) is 83.9 cm³/mol. The SMILES string of the molecule is CCCC[NH+]1CCC(=O)CC1.Cc1ccc(S(=O)(=O)[O-])cc1. The first kappa shape index (κ1) is 18.8. The van der Waals surface area contributed by atoms with Gasteiger partial charge in [-0.25, -0.2) is 8.42 Å². The summed E-state index contributed by atoms with van der Waals surface area (Å²) in [6.45, 7) is 7.47. The lowest BCUT2D eigenvalue weighted by Crippen LogP contribution is -3.13. The third kappa shape index (κ3) is 7.15. The van der Waals surface area contributed by atoms with Crippen molar-refractivity contribution >= 4 is 15.9 Å². The Bertz CT molecular complexity index is 556. The number of hydrogen-bond acceptors (Lipinski definition) is 4. The molecule has 1 aliphatic heterocycles. The molecule has 1 aliphatic rings. The molecule has 0 atom stereocenters. The maximum Gasteiger partial charge on any atom is 0.144 e. The zero-order valence-corrected chi connectivity index (χ0v) is 14.1. The minimum Gasteiger partial charge on any atom is -0.744 e. The van der Waals surface area contributed by atoms with E-state index in [-0.39, 0.29) is 4.90 Å². The number of Topliss-reactive ketones (excluding diaryl/α,β-unsaturated/α-hetero) is 1. The second kappa shape index (κ2) is 9.02. The van der Waals surface area contributed by atoms with Gasteiger partial charge in [0.1, 0.15) is 15.9 Å². The molecule has 1 aromatic carbocycles. The number of piperidine rings is 1. The number of ketones is 1. The van der Waals surface area contributed by atoms with Crippen LogP contribution in [0.1, 0.15) is 38.2 Å². The Labute approximate surface area is 133 Å². The number of aryl methyl sites for hydroxylation is 1. The normalized spacial score (nSPS) is 16.0. The van der Waals surface area contributed by atoms with Crippen LogP contribution in [0.5, 0.6) is 0 Å². The van der Waals surface area contributed by atoms with E-state index < -0.39 is 10.1 Å². The van der Waals surface area contributed by atoms with E-state index in [0.29, 0.717) is 5.78 Å². The maximum atomic E-state index is 10.9. The fourth-order valence-corrected chi connectivity index (χ4v) is 2.73. The molecule has 1 heterocycles. The molecule has 0 radical (unpaired) electrons. The number of carbonyl (C=O) groups excluding carboxylic acids is 1. The molecule has 0 spiro atoms. The average Bonchev–Trinajstić information content (AvgIpc) is 2.47. The van der Waals surface area contributed by atoms with Gasteiger partial charge in [-0.05, 0) is 25.5 Å². The van der Waals surface area contributed by atoms with E-state index in [1.807, 2.05) is 6.92 Å². The van der Waals surface area contributed by atoms with Crippen LogP contribution in [-0.4, -0.2) is 38.4 Å². The van der Waals surface area contributed by atoms with Gasteiger partial charge in [-0.2, -0.15) is 0 Å². The second-order valence-corrected chi connectivity index (χ2v) is 7.04. The topological polar surface area (TPSA) is 78.7 Å². The Hall–Kier alpha value is -1.24. The number of likely N-dealkylation sites (tertiary alicyclic amines) is 1. The number of carbonyl (C=O) groups is 1. The Kier molecular flexibility index (Phi) is 7.72. The van der Waals surface area contributed by atoms with Gasteiger partial charge in [-0.15, -0.1) is 0 Å². The summed E-state index contributed by atoms with van der Waals surface area (Å²) in [7, 11) is -4.27. The molecule has 1 aromatic rings. The van der Waals surface area contributed by atoms with E-state index >= 15 is 0 Å².